The van der Waals surface area contributed by atoms with Crippen LogP contribution in [0.3, 0.4) is 0 Å². The number of hydrogen-bond donors (Lipinski definition) is 1. The Bertz CT molecular complexity index is 415. The van der Waals surface area contributed by atoms with E-state index in [0.29, 0.717) is 6.10 Å². The molecule has 1 aliphatic heterocycles. The van der Waals surface area contributed by atoms with Crippen molar-refractivity contribution in [1.82, 2.24) is 5.32 Å². The molecule has 2 aliphatic rings. The first-order valence-electron chi connectivity index (χ1n) is 7.95. The standard InChI is InChI=1S/C17H25NO2/c1-4-8-16-14(5-1)9-11-20-17(16)13-18-10-12-19-15-6-2-3-7-15/h1,4-5,8,15,17-18H,2-3,6-7,9-13H2. The second kappa shape index (κ2) is 7.21. The predicted molar refractivity (Wildman–Crippen MR) is 79.9 cm³/mol. The lowest BCUT2D eigenvalue weighted by Gasteiger charge is -2.26. The maximum absolute atomic E-state index is 5.88. The summed E-state index contributed by atoms with van der Waals surface area (Å²) >= 11 is 0. The van der Waals surface area contributed by atoms with Gasteiger partial charge in [-0.05, 0) is 30.4 Å². The summed E-state index contributed by atoms with van der Waals surface area (Å²) in [6.07, 6.45) is 6.93. The quantitative estimate of drug-likeness (QED) is 0.810. The van der Waals surface area contributed by atoms with E-state index in [-0.39, 0.29) is 6.10 Å². The highest BCUT2D eigenvalue weighted by Gasteiger charge is 2.20. The molecule has 1 unspecified atom stereocenters. The Hall–Kier alpha value is -0.900. The van der Waals surface area contributed by atoms with Crippen molar-refractivity contribution in [3.63, 3.8) is 0 Å². The third kappa shape index (κ3) is 3.60. The van der Waals surface area contributed by atoms with Crippen LogP contribution < -0.4 is 5.32 Å². The van der Waals surface area contributed by atoms with Crippen molar-refractivity contribution < 1.29 is 9.47 Å². The number of nitrogens with one attached hydrogen (secondary N) is 1. The van der Waals surface area contributed by atoms with Gasteiger partial charge in [0.15, 0.2) is 0 Å². The summed E-state index contributed by atoms with van der Waals surface area (Å²) < 4.78 is 11.7. The zero-order valence-corrected chi connectivity index (χ0v) is 12.1. The van der Waals surface area contributed by atoms with E-state index in [2.05, 4.69) is 29.6 Å². The molecule has 3 heteroatoms. The van der Waals surface area contributed by atoms with Crippen molar-refractivity contribution in [2.45, 2.75) is 44.3 Å². The predicted octanol–water partition coefficient (Wildman–Crippen LogP) is 2.85. The molecule has 0 radical (unpaired) electrons. The number of hydrogen-bond acceptors (Lipinski definition) is 3. The summed E-state index contributed by atoms with van der Waals surface area (Å²) in [5.74, 6) is 0. The van der Waals surface area contributed by atoms with Crippen LogP contribution in [0.5, 0.6) is 0 Å². The molecule has 1 aromatic rings. The summed E-state index contributed by atoms with van der Waals surface area (Å²) in [4.78, 5) is 0. The van der Waals surface area contributed by atoms with E-state index in [1.54, 1.807) is 0 Å². The first-order chi connectivity index (χ1) is 9.93. The van der Waals surface area contributed by atoms with Crippen molar-refractivity contribution in [2.75, 3.05) is 26.3 Å². The maximum Gasteiger partial charge on any atom is 0.0952 e. The smallest absolute Gasteiger partial charge is 0.0952 e. The van der Waals surface area contributed by atoms with E-state index in [4.69, 9.17) is 9.47 Å². The molecule has 0 amide bonds. The van der Waals surface area contributed by atoms with Crippen LogP contribution in [0.4, 0.5) is 0 Å². The van der Waals surface area contributed by atoms with Crippen LogP contribution in [0.2, 0.25) is 0 Å². The zero-order chi connectivity index (χ0) is 13.6. The fourth-order valence-corrected chi connectivity index (χ4v) is 3.23. The van der Waals surface area contributed by atoms with E-state index < -0.39 is 0 Å². The Labute approximate surface area is 121 Å². The highest BCUT2D eigenvalue weighted by Crippen LogP contribution is 2.26. The van der Waals surface area contributed by atoms with E-state index in [9.17, 15) is 0 Å². The molecule has 0 aromatic heterocycles. The van der Waals surface area contributed by atoms with Crippen molar-refractivity contribution in [3.05, 3.63) is 35.4 Å². The molecule has 1 atom stereocenters. The summed E-state index contributed by atoms with van der Waals surface area (Å²) in [7, 11) is 0. The van der Waals surface area contributed by atoms with E-state index in [1.807, 2.05) is 0 Å². The lowest BCUT2D eigenvalue weighted by molar-refractivity contribution is 0.0352. The number of benzene rings is 1. The molecule has 1 aromatic carbocycles. The number of ether oxygens (including phenoxy) is 2. The van der Waals surface area contributed by atoms with Gasteiger partial charge in [-0.1, -0.05) is 37.1 Å². The van der Waals surface area contributed by atoms with Crippen LogP contribution in [0.25, 0.3) is 0 Å². The summed E-state index contributed by atoms with van der Waals surface area (Å²) in [6.45, 7) is 3.45. The molecular weight excluding hydrogens is 250 g/mol. The van der Waals surface area contributed by atoms with Crippen LogP contribution in [0, 0.1) is 0 Å². The van der Waals surface area contributed by atoms with Gasteiger partial charge in [0.1, 0.15) is 0 Å². The van der Waals surface area contributed by atoms with Gasteiger partial charge in [0, 0.05) is 13.1 Å². The Morgan fingerprint density at radius 1 is 1.20 bits per heavy atom. The van der Waals surface area contributed by atoms with E-state index in [1.165, 1.54) is 36.8 Å². The minimum atomic E-state index is 0.200. The Kier molecular flexibility index (Phi) is 5.06. The molecule has 0 spiro atoms. The third-order valence-electron chi connectivity index (χ3n) is 4.36. The lowest BCUT2D eigenvalue weighted by Crippen LogP contribution is -2.30. The van der Waals surface area contributed by atoms with Crippen LogP contribution in [0.15, 0.2) is 24.3 Å². The van der Waals surface area contributed by atoms with Crippen LogP contribution in [-0.4, -0.2) is 32.4 Å². The molecule has 20 heavy (non-hydrogen) atoms. The third-order valence-corrected chi connectivity index (χ3v) is 4.36. The molecular formula is C17H25NO2. The van der Waals surface area contributed by atoms with Gasteiger partial charge in [0.2, 0.25) is 0 Å². The molecule has 3 nitrogen and oxygen atoms in total. The average Bonchev–Trinajstić information content (AvgIpc) is 3.00. The lowest BCUT2D eigenvalue weighted by atomic mass is 9.97. The first-order valence-corrected chi connectivity index (χ1v) is 7.95. The molecule has 1 fully saturated rings. The van der Waals surface area contributed by atoms with Gasteiger partial charge < -0.3 is 14.8 Å². The Morgan fingerprint density at radius 2 is 2.05 bits per heavy atom. The average molecular weight is 275 g/mol. The van der Waals surface area contributed by atoms with Gasteiger partial charge in [-0.2, -0.15) is 0 Å². The molecule has 0 saturated heterocycles. The fourth-order valence-electron chi connectivity index (χ4n) is 3.23. The van der Waals surface area contributed by atoms with Crippen molar-refractivity contribution in [1.29, 1.82) is 0 Å². The molecule has 0 bridgehead atoms. The minimum absolute atomic E-state index is 0.200. The minimum Gasteiger partial charge on any atom is -0.377 e. The van der Waals surface area contributed by atoms with Crippen LogP contribution in [0.1, 0.15) is 42.9 Å². The summed E-state index contributed by atoms with van der Waals surface area (Å²) in [5.41, 5.74) is 2.79. The molecule has 110 valence electrons. The van der Waals surface area contributed by atoms with Gasteiger partial charge in [0.25, 0.3) is 0 Å². The van der Waals surface area contributed by atoms with Crippen molar-refractivity contribution >= 4 is 0 Å². The second-order valence-corrected chi connectivity index (χ2v) is 5.79. The first kappa shape index (κ1) is 14.1. The van der Waals surface area contributed by atoms with Gasteiger partial charge in [-0.15, -0.1) is 0 Å². The van der Waals surface area contributed by atoms with Gasteiger partial charge in [-0.25, -0.2) is 0 Å². The Morgan fingerprint density at radius 3 is 2.95 bits per heavy atom. The van der Waals surface area contributed by atoms with E-state index >= 15 is 0 Å². The largest absolute Gasteiger partial charge is 0.377 e. The second-order valence-electron chi connectivity index (χ2n) is 5.79. The zero-order valence-electron chi connectivity index (χ0n) is 12.1. The number of rotatable bonds is 6. The normalized spacial score (nSPS) is 22.9. The van der Waals surface area contributed by atoms with Crippen LogP contribution in [-0.2, 0) is 15.9 Å². The SMILES string of the molecule is c1ccc2c(c1)CCOC2CNCCOC1CCCC1. The fraction of sp³-hybridized carbons (Fsp3) is 0.647. The van der Waals surface area contributed by atoms with Gasteiger partial charge in [-0.3, -0.25) is 0 Å². The molecule has 1 saturated carbocycles. The highest BCUT2D eigenvalue weighted by molar-refractivity contribution is 5.31. The van der Waals surface area contributed by atoms with Gasteiger partial charge in [0.05, 0.1) is 25.4 Å². The highest BCUT2D eigenvalue weighted by atomic mass is 16.5. The molecule has 1 aliphatic carbocycles. The van der Waals surface area contributed by atoms with Crippen molar-refractivity contribution in [3.8, 4) is 0 Å². The monoisotopic (exact) mass is 275 g/mol. The van der Waals surface area contributed by atoms with Gasteiger partial charge >= 0.3 is 0 Å². The summed E-state index contributed by atoms with van der Waals surface area (Å²) in [5, 5.41) is 3.47. The Balaban J connectivity index is 1.38. The molecule has 3 rings (SSSR count). The topological polar surface area (TPSA) is 30.5 Å². The van der Waals surface area contributed by atoms with E-state index in [0.717, 1.165) is 32.7 Å². The molecule has 1 heterocycles. The number of fused-ring (bicyclic) bond motifs is 1. The van der Waals surface area contributed by atoms with Crippen molar-refractivity contribution in [2.24, 2.45) is 0 Å². The summed E-state index contributed by atoms with van der Waals surface area (Å²) in [6, 6.07) is 8.62. The maximum atomic E-state index is 5.88. The molecule has 1 N–H and O–H groups in total. The van der Waals surface area contributed by atoms with Crippen LogP contribution >= 0.6 is 0 Å².